The van der Waals surface area contributed by atoms with E-state index in [-0.39, 0.29) is 18.5 Å². The first-order chi connectivity index (χ1) is 37.7. The fourth-order valence-corrected chi connectivity index (χ4v) is 9.72. The van der Waals surface area contributed by atoms with E-state index >= 15 is 0 Å². The summed E-state index contributed by atoms with van der Waals surface area (Å²) in [6.45, 7) is 4.28. The fourth-order valence-electron chi connectivity index (χ4n) is 9.72. The summed E-state index contributed by atoms with van der Waals surface area (Å²) in [5.74, 6) is -0.213. The van der Waals surface area contributed by atoms with Gasteiger partial charge in [0.1, 0.15) is 24.4 Å². The second-order valence-corrected chi connectivity index (χ2v) is 22.1. The van der Waals surface area contributed by atoms with Crippen molar-refractivity contribution in [3.8, 4) is 0 Å². The number of nitrogens with one attached hydrogen (secondary N) is 1. The highest BCUT2D eigenvalue weighted by molar-refractivity contribution is 5.76. The number of carbonyl (C=O) groups is 2. The van der Waals surface area contributed by atoms with Gasteiger partial charge in [-0.25, -0.2) is 0 Å². The minimum absolute atomic E-state index is 0.0200. The fraction of sp³-hybridized carbons (Fsp3) is 0.818. The molecule has 1 aliphatic rings. The first-order valence-corrected chi connectivity index (χ1v) is 32.1. The highest BCUT2D eigenvalue weighted by atomic mass is 16.7. The van der Waals surface area contributed by atoms with Gasteiger partial charge in [0.25, 0.3) is 0 Å². The van der Waals surface area contributed by atoms with Crippen molar-refractivity contribution >= 4 is 11.9 Å². The van der Waals surface area contributed by atoms with Crippen LogP contribution in [-0.2, 0) is 23.8 Å². The highest BCUT2D eigenvalue weighted by Crippen LogP contribution is 2.23. The summed E-state index contributed by atoms with van der Waals surface area (Å²) in [6, 6.07) is -0.819. The second kappa shape index (κ2) is 55.3. The number of esters is 1. The summed E-state index contributed by atoms with van der Waals surface area (Å²) in [5, 5.41) is 54.4. The summed E-state index contributed by atoms with van der Waals surface area (Å²) < 4.78 is 16.7. The lowest BCUT2D eigenvalue weighted by Crippen LogP contribution is -2.60. The number of amides is 1. The van der Waals surface area contributed by atoms with Crippen molar-refractivity contribution in [2.24, 2.45) is 0 Å². The third kappa shape index (κ3) is 44.8. The lowest BCUT2D eigenvalue weighted by molar-refractivity contribution is -0.302. The van der Waals surface area contributed by atoms with Crippen LogP contribution in [0.25, 0.3) is 0 Å². The summed E-state index contributed by atoms with van der Waals surface area (Å²) >= 11 is 0. The van der Waals surface area contributed by atoms with Crippen LogP contribution in [0.3, 0.4) is 0 Å². The zero-order valence-corrected chi connectivity index (χ0v) is 49.4. The minimum Gasteiger partial charge on any atom is -0.466 e. The van der Waals surface area contributed by atoms with Crippen LogP contribution in [-0.4, -0.2) is 100 Å². The molecule has 7 unspecified atom stereocenters. The molecule has 0 bridgehead atoms. The van der Waals surface area contributed by atoms with Gasteiger partial charge in [-0.3, -0.25) is 9.59 Å². The molecule has 6 N–H and O–H groups in total. The highest BCUT2D eigenvalue weighted by Gasteiger charge is 2.44. The van der Waals surface area contributed by atoms with Gasteiger partial charge in [0.15, 0.2) is 6.29 Å². The number of unbranched alkanes of at least 4 members (excludes halogenated alkanes) is 33. The van der Waals surface area contributed by atoms with Crippen LogP contribution in [0.1, 0.15) is 284 Å². The molecule has 77 heavy (non-hydrogen) atoms. The zero-order valence-electron chi connectivity index (χ0n) is 49.4. The van der Waals surface area contributed by atoms with Gasteiger partial charge in [-0.15, -0.1) is 0 Å². The van der Waals surface area contributed by atoms with Gasteiger partial charge in [-0.05, 0) is 89.9 Å². The largest absolute Gasteiger partial charge is 0.466 e. The molecule has 0 radical (unpaired) electrons. The van der Waals surface area contributed by atoms with Gasteiger partial charge < -0.3 is 45.1 Å². The Labute approximate surface area is 471 Å². The summed E-state index contributed by atoms with van der Waals surface area (Å²) in [4.78, 5) is 25.1. The van der Waals surface area contributed by atoms with Crippen LogP contribution < -0.4 is 5.32 Å². The maximum Gasteiger partial charge on any atom is 0.305 e. The molecule has 7 atom stereocenters. The average molecular weight is 1090 g/mol. The van der Waals surface area contributed by atoms with Gasteiger partial charge in [-0.2, -0.15) is 0 Å². The van der Waals surface area contributed by atoms with E-state index in [1.807, 2.05) is 6.08 Å². The Morgan fingerprint density at radius 1 is 0.481 bits per heavy atom. The third-order valence-corrected chi connectivity index (χ3v) is 14.8. The van der Waals surface area contributed by atoms with E-state index in [2.05, 4.69) is 67.8 Å². The van der Waals surface area contributed by atoms with E-state index in [4.69, 9.17) is 14.2 Å². The predicted molar refractivity (Wildman–Crippen MR) is 320 cm³/mol. The maximum absolute atomic E-state index is 13.0. The Balaban J connectivity index is 2.05. The smallest absolute Gasteiger partial charge is 0.305 e. The lowest BCUT2D eigenvalue weighted by Gasteiger charge is -2.40. The molecule has 0 aromatic rings. The monoisotopic (exact) mass is 1090 g/mol. The molecule has 0 aromatic carbocycles. The van der Waals surface area contributed by atoms with E-state index in [1.54, 1.807) is 6.08 Å². The number of allylic oxidation sites excluding steroid dienone is 9. The van der Waals surface area contributed by atoms with E-state index in [0.717, 1.165) is 103 Å². The number of rotatable bonds is 55. The predicted octanol–water partition coefficient (Wildman–Crippen LogP) is 15.4. The van der Waals surface area contributed by atoms with Crippen LogP contribution in [0.4, 0.5) is 0 Å². The summed E-state index contributed by atoms with van der Waals surface area (Å²) in [6.07, 6.45) is 61.7. The van der Waals surface area contributed by atoms with E-state index < -0.39 is 49.5 Å². The maximum atomic E-state index is 13.0. The quantitative estimate of drug-likeness (QED) is 0.0195. The molecule has 1 aliphatic heterocycles. The molecule has 0 aliphatic carbocycles. The molecule has 1 saturated heterocycles. The molecule has 1 amide bonds. The number of hydrogen-bond acceptors (Lipinski definition) is 10. The lowest BCUT2D eigenvalue weighted by atomic mass is 9.99. The number of ether oxygens (including phenoxy) is 3. The number of carbonyl (C=O) groups excluding carboxylic acids is 2. The molecular weight excluding hydrogens is 967 g/mol. The van der Waals surface area contributed by atoms with Gasteiger partial charge in [0, 0.05) is 12.8 Å². The van der Waals surface area contributed by atoms with Crippen molar-refractivity contribution in [1.29, 1.82) is 0 Å². The molecule has 1 heterocycles. The van der Waals surface area contributed by atoms with Crippen molar-refractivity contribution in [2.45, 2.75) is 326 Å². The Bertz CT molecular complexity index is 1460. The molecule has 11 nitrogen and oxygen atoms in total. The van der Waals surface area contributed by atoms with E-state index in [9.17, 15) is 35.1 Å². The van der Waals surface area contributed by atoms with Gasteiger partial charge in [-0.1, -0.05) is 242 Å². The van der Waals surface area contributed by atoms with Crippen LogP contribution in [0.15, 0.2) is 60.8 Å². The number of hydrogen-bond donors (Lipinski definition) is 6. The normalized spacial score (nSPS) is 19.0. The summed E-state index contributed by atoms with van der Waals surface area (Å²) in [5.41, 5.74) is 0. The molecule has 0 spiro atoms. The van der Waals surface area contributed by atoms with E-state index in [0.29, 0.717) is 19.4 Å². The Kier molecular flexibility index (Phi) is 52.0. The van der Waals surface area contributed by atoms with Gasteiger partial charge in [0.2, 0.25) is 5.91 Å². The third-order valence-electron chi connectivity index (χ3n) is 14.8. The molecular formula is C66H119NO10. The minimum atomic E-state index is -1.58. The topological polar surface area (TPSA) is 175 Å². The van der Waals surface area contributed by atoms with Gasteiger partial charge >= 0.3 is 5.97 Å². The van der Waals surface area contributed by atoms with Crippen molar-refractivity contribution in [3.63, 3.8) is 0 Å². The molecule has 448 valence electrons. The molecule has 0 aromatic heterocycles. The van der Waals surface area contributed by atoms with Crippen molar-refractivity contribution in [1.82, 2.24) is 5.32 Å². The van der Waals surface area contributed by atoms with Crippen molar-refractivity contribution < 1.29 is 49.3 Å². The van der Waals surface area contributed by atoms with Gasteiger partial charge in [0.05, 0.1) is 32.0 Å². The summed E-state index contributed by atoms with van der Waals surface area (Å²) in [7, 11) is 0. The van der Waals surface area contributed by atoms with Crippen LogP contribution in [0, 0.1) is 0 Å². The Morgan fingerprint density at radius 2 is 0.883 bits per heavy atom. The number of aliphatic hydroxyl groups is 5. The molecule has 1 rings (SSSR count). The molecule has 11 heteroatoms. The number of aliphatic hydroxyl groups excluding tert-OH is 5. The van der Waals surface area contributed by atoms with Crippen molar-refractivity contribution in [3.05, 3.63) is 60.8 Å². The Hall–Kier alpha value is -2.64. The standard InChI is InChI=1S/C66H119NO10/c1-3-5-7-9-11-13-15-17-30-34-38-42-46-50-54-62(71)75-55-51-47-43-39-35-31-28-26-24-22-20-18-19-21-23-25-27-29-33-37-41-45-49-53-61(70)67-58(57-76-66-65(74)64(73)63(72)60(56-68)77-66)59(69)52-48-44-40-36-32-16-14-12-10-8-6-4-2/h9,11,15,17-18,20-21,23,48,52,58-60,63-66,68-69,72-74H,3-8,10,12-14,16,19,22,24-47,49-51,53-57H2,1-2H3,(H,67,70)/b11-9-,17-15-,20-18-,23-21-,52-48+. The average Bonchev–Trinajstić information content (AvgIpc) is 3.43. The van der Waals surface area contributed by atoms with Crippen LogP contribution in [0.5, 0.6) is 0 Å². The molecule has 1 fully saturated rings. The first-order valence-electron chi connectivity index (χ1n) is 32.1. The zero-order chi connectivity index (χ0) is 55.9. The molecule has 0 saturated carbocycles. The Morgan fingerprint density at radius 3 is 1.35 bits per heavy atom. The SMILES string of the molecule is CCCC/C=C\C/C=C\CCCCCCCC(=O)OCCCCCCCCCCC/C=C\C/C=C\CCCCCCCCCC(=O)NC(COC1OC(CO)C(O)C(O)C1O)C(O)/C=C/CCCCCCCCCCCC. The van der Waals surface area contributed by atoms with E-state index in [1.165, 1.54) is 154 Å². The first kappa shape index (κ1) is 72.4. The second-order valence-electron chi connectivity index (χ2n) is 22.1. The van der Waals surface area contributed by atoms with Crippen molar-refractivity contribution in [2.75, 3.05) is 19.8 Å². The van der Waals surface area contributed by atoms with Crippen LogP contribution in [0.2, 0.25) is 0 Å². The van der Waals surface area contributed by atoms with Crippen LogP contribution >= 0.6 is 0 Å².